The molecule has 104 valence electrons. The van der Waals surface area contributed by atoms with E-state index in [9.17, 15) is 0 Å². The summed E-state index contributed by atoms with van der Waals surface area (Å²) in [5.74, 6) is 0.808. The van der Waals surface area contributed by atoms with Crippen molar-refractivity contribution in [1.82, 2.24) is 10.2 Å². The fourth-order valence-electron chi connectivity index (χ4n) is 2.36. The molecule has 0 aliphatic carbocycles. The van der Waals surface area contributed by atoms with E-state index < -0.39 is 0 Å². The largest absolute Gasteiger partial charge is 0.381 e. The summed E-state index contributed by atoms with van der Waals surface area (Å²) in [6, 6.07) is 0. The fourth-order valence-corrected chi connectivity index (χ4v) is 2.36. The number of ether oxygens (including phenoxy) is 1. The predicted octanol–water partition coefficient (Wildman–Crippen LogP) is 2.37. The monoisotopic (exact) mass is 244 g/mol. The number of nitrogens with zero attached hydrogens (tertiary/aromatic N) is 1. The Morgan fingerprint density at radius 2 is 2.06 bits per heavy atom. The Labute approximate surface area is 108 Å². The average molecular weight is 244 g/mol. The molecular formula is C14H32N2O. The van der Waals surface area contributed by atoms with Crippen LogP contribution >= 0.6 is 0 Å². The highest BCUT2D eigenvalue weighted by Crippen LogP contribution is 2.17. The second-order valence-electron chi connectivity index (χ2n) is 5.17. The summed E-state index contributed by atoms with van der Waals surface area (Å²) >= 11 is 0. The first kappa shape index (κ1) is 14.9. The highest BCUT2D eigenvalue weighted by Gasteiger charge is 2.18. The minimum absolute atomic E-state index is 0. The number of hydrogen-bond acceptors (Lipinski definition) is 3. The van der Waals surface area contributed by atoms with Gasteiger partial charge in [-0.1, -0.05) is 13.3 Å². The Kier molecular flexibility index (Phi) is 8.67. The van der Waals surface area contributed by atoms with Crippen molar-refractivity contribution in [1.29, 1.82) is 0 Å². The highest BCUT2D eigenvalue weighted by molar-refractivity contribution is 4.71. The first-order valence-corrected chi connectivity index (χ1v) is 7.31. The van der Waals surface area contributed by atoms with E-state index in [-0.39, 0.29) is 1.43 Å². The molecule has 0 aromatic rings. The van der Waals surface area contributed by atoms with E-state index in [2.05, 4.69) is 17.1 Å². The lowest BCUT2D eigenvalue weighted by molar-refractivity contribution is 0.0657. The number of rotatable bonds is 9. The van der Waals surface area contributed by atoms with E-state index in [0.29, 0.717) is 0 Å². The van der Waals surface area contributed by atoms with E-state index >= 15 is 0 Å². The zero-order chi connectivity index (χ0) is 12.3. The van der Waals surface area contributed by atoms with Gasteiger partial charge in [0, 0.05) is 14.6 Å². The van der Waals surface area contributed by atoms with Gasteiger partial charge < -0.3 is 15.0 Å². The molecule has 0 saturated carbocycles. The van der Waals surface area contributed by atoms with Crippen molar-refractivity contribution < 1.29 is 6.16 Å². The molecule has 17 heavy (non-hydrogen) atoms. The summed E-state index contributed by atoms with van der Waals surface area (Å²) in [6.07, 6.45) is 6.46. The molecule has 1 N–H and O–H groups in total. The third-order valence-corrected chi connectivity index (χ3v) is 3.60. The first-order chi connectivity index (χ1) is 8.36. The van der Waals surface area contributed by atoms with Crippen LogP contribution in [-0.4, -0.2) is 51.3 Å². The van der Waals surface area contributed by atoms with Gasteiger partial charge in [0.1, 0.15) is 0 Å². The molecule has 0 radical (unpaired) electrons. The molecule has 0 aromatic carbocycles. The van der Waals surface area contributed by atoms with Crippen LogP contribution in [0.1, 0.15) is 40.5 Å². The highest BCUT2D eigenvalue weighted by atomic mass is 16.5. The van der Waals surface area contributed by atoms with Crippen LogP contribution in [0.15, 0.2) is 0 Å². The van der Waals surface area contributed by atoms with Crippen LogP contribution in [0.3, 0.4) is 0 Å². The van der Waals surface area contributed by atoms with E-state index in [1.807, 2.05) is 7.05 Å². The van der Waals surface area contributed by atoms with Crippen molar-refractivity contribution in [2.24, 2.45) is 5.92 Å². The minimum Gasteiger partial charge on any atom is -0.381 e. The molecule has 0 unspecified atom stereocenters. The number of likely N-dealkylation sites (tertiary alicyclic amines) is 1. The predicted molar refractivity (Wildman–Crippen MR) is 75.5 cm³/mol. The SMILES string of the molecule is CCCCN1CCC(COCCCNC)CC1.[HH]. The summed E-state index contributed by atoms with van der Waals surface area (Å²) in [5.41, 5.74) is 0. The lowest BCUT2D eigenvalue weighted by Gasteiger charge is -2.31. The Morgan fingerprint density at radius 3 is 2.71 bits per heavy atom. The number of unbranched alkanes of at least 4 members (excludes halogenated alkanes) is 1. The van der Waals surface area contributed by atoms with Gasteiger partial charge in [-0.3, -0.25) is 0 Å². The molecule has 1 fully saturated rings. The van der Waals surface area contributed by atoms with Gasteiger partial charge in [0.2, 0.25) is 0 Å². The molecular weight excluding hydrogens is 212 g/mol. The summed E-state index contributed by atoms with van der Waals surface area (Å²) in [4.78, 5) is 2.61. The molecule has 1 rings (SSSR count). The molecule has 1 aliphatic rings. The Morgan fingerprint density at radius 1 is 1.29 bits per heavy atom. The van der Waals surface area contributed by atoms with E-state index in [0.717, 1.165) is 32.1 Å². The van der Waals surface area contributed by atoms with Crippen molar-refractivity contribution in [3.63, 3.8) is 0 Å². The zero-order valence-electron chi connectivity index (χ0n) is 11.7. The van der Waals surface area contributed by atoms with Gasteiger partial charge in [0.25, 0.3) is 0 Å². The average Bonchev–Trinajstić information content (AvgIpc) is 2.37. The number of hydrogen-bond donors (Lipinski definition) is 1. The number of nitrogens with one attached hydrogen (secondary N) is 1. The van der Waals surface area contributed by atoms with Gasteiger partial charge in [-0.15, -0.1) is 0 Å². The molecule has 1 aliphatic heterocycles. The molecule has 3 nitrogen and oxygen atoms in total. The Bertz CT molecular complexity index is 170. The van der Waals surface area contributed by atoms with Gasteiger partial charge in [-0.2, -0.15) is 0 Å². The number of piperidine rings is 1. The summed E-state index contributed by atoms with van der Waals surface area (Å²) < 4.78 is 5.73. The zero-order valence-corrected chi connectivity index (χ0v) is 11.7. The van der Waals surface area contributed by atoms with Crippen molar-refractivity contribution >= 4 is 0 Å². The maximum atomic E-state index is 5.73. The summed E-state index contributed by atoms with van der Waals surface area (Å²) in [5, 5.41) is 3.14. The van der Waals surface area contributed by atoms with E-state index in [1.165, 1.54) is 45.3 Å². The molecule has 0 bridgehead atoms. The van der Waals surface area contributed by atoms with Gasteiger partial charge >= 0.3 is 0 Å². The van der Waals surface area contributed by atoms with Crippen molar-refractivity contribution in [3.05, 3.63) is 0 Å². The van der Waals surface area contributed by atoms with Crippen molar-refractivity contribution in [2.45, 2.75) is 39.0 Å². The normalized spacial score (nSPS) is 18.7. The van der Waals surface area contributed by atoms with Crippen LogP contribution in [0.25, 0.3) is 0 Å². The molecule has 0 atom stereocenters. The van der Waals surface area contributed by atoms with E-state index in [1.54, 1.807) is 0 Å². The third-order valence-electron chi connectivity index (χ3n) is 3.60. The molecule has 1 heterocycles. The third kappa shape index (κ3) is 7.02. The maximum absolute atomic E-state index is 5.73. The standard InChI is InChI=1S/C14H30N2O.H2/c1-3-4-9-16-10-6-14(7-11-16)13-17-12-5-8-15-2;/h14-15H,3-13H2,1-2H3;1H. The smallest absolute Gasteiger partial charge is 0.0495 e. The summed E-state index contributed by atoms with van der Waals surface area (Å²) in [7, 11) is 1.99. The van der Waals surface area contributed by atoms with Gasteiger partial charge in [0.15, 0.2) is 0 Å². The van der Waals surface area contributed by atoms with E-state index in [4.69, 9.17) is 4.74 Å². The first-order valence-electron chi connectivity index (χ1n) is 7.31. The molecule has 0 spiro atoms. The Balaban J connectivity index is 0.00000289. The molecule has 0 amide bonds. The maximum Gasteiger partial charge on any atom is 0.0495 e. The molecule has 3 heteroatoms. The van der Waals surface area contributed by atoms with Crippen LogP contribution in [0.2, 0.25) is 0 Å². The quantitative estimate of drug-likeness (QED) is 0.630. The summed E-state index contributed by atoms with van der Waals surface area (Å²) in [6.45, 7) is 9.09. The van der Waals surface area contributed by atoms with Gasteiger partial charge in [-0.25, -0.2) is 0 Å². The van der Waals surface area contributed by atoms with Crippen LogP contribution in [0.4, 0.5) is 0 Å². The minimum atomic E-state index is 0. The van der Waals surface area contributed by atoms with Crippen molar-refractivity contribution in [3.8, 4) is 0 Å². The lowest BCUT2D eigenvalue weighted by Crippen LogP contribution is -2.35. The molecule has 0 aromatic heterocycles. The topological polar surface area (TPSA) is 24.5 Å². The van der Waals surface area contributed by atoms with Crippen molar-refractivity contribution in [2.75, 3.05) is 46.4 Å². The van der Waals surface area contributed by atoms with Crippen LogP contribution < -0.4 is 5.32 Å². The van der Waals surface area contributed by atoms with Crippen LogP contribution in [0.5, 0.6) is 0 Å². The van der Waals surface area contributed by atoms with Crippen LogP contribution in [-0.2, 0) is 4.74 Å². The lowest BCUT2D eigenvalue weighted by atomic mass is 9.97. The second kappa shape index (κ2) is 9.86. The van der Waals surface area contributed by atoms with Gasteiger partial charge in [0.05, 0.1) is 0 Å². The van der Waals surface area contributed by atoms with Gasteiger partial charge in [-0.05, 0) is 64.8 Å². The fraction of sp³-hybridized carbons (Fsp3) is 1.00. The van der Waals surface area contributed by atoms with Crippen LogP contribution in [0, 0.1) is 5.92 Å². The molecule has 1 saturated heterocycles. The second-order valence-corrected chi connectivity index (χ2v) is 5.17. The Hall–Kier alpha value is -0.120.